The van der Waals surface area contributed by atoms with Crippen LogP contribution in [0, 0.1) is 0 Å². The normalized spacial score (nSPS) is 12.5. The number of hydrogen-bond donors (Lipinski definition) is 1. The molecular weight excluding hydrogens is 400 g/mol. The summed E-state index contributed by atoms with van der Waals surface area (Å²) in [4.78, 5) is 17.6. The highest BCUT2D eigenvalue weighted by Gasteiger charge is 2.23. The molecule has 4 rings (SSSR count). The van der Waals surface area contributed by atoms with Gasteiger partial charge in [0.05, 0.1) is 18.7 Å². The second-order valence-corrected chi connectivity index (χ2v) is 8.95. The van der Waals surface area contributed by atoms with Crippen molar-refractivity contribution in [1.82, 2.24) is 14.8 Å². The first-order valence-electron chi connectivity index (χ1n) is 10.7. The van der Waals surface area contributed by atoms with E-state index >= 15 is 0 Å². The molecule has 0 aliphatic rings. The molecule has 4 aromatic rings. The van der Waals surface area contributed by atoms with Crippen molar-refractivity contribution in [3.63, 3.8) is 0 Å². The lowest BCUT2D eigenvalue weighted by Crippen LogP contribution is -2.21. The largest absolute Gasteiger partial charge is 0.497 e. The number of fused-ring (bicyclic) bond motifs is 1. The molecule has 1 N–H and O–H groups in total. The lowest BCUT2D eigenvalue weighted by atomic mass is 9.92. The van der Waals surface area contributed by atoms with E-state index in [-0.39, 0.29) is 17.2 Å². The Morgan fingerprint density at radius 1 is 1.03 bits per heavy atom. The highest BCUT2D eigenvalue weighted by atomic mass is 16.5. The van der Waals surface area contributed by atoms with E-state index in [9.17, 15) is 4.79 Å². The number of aromatic nitrogens is 3. The summed E-state index contributed by atoms with van der Waals surface area (Å²) in [5.74, 6) is 1.64. The number of amides is 1. The molecule has 0 saturated heterocycles. The summed E-state index contributed by atoms with van der Waals surface area (Å²) >= 11 is 0. The van der Waals surface area contributed by atoms with Crippen molar-refractivity contribution in [2.24, 2.45) is 0 Å². The number of anilines is 1. The number of carbonyl (C=O) groups is 1. The summed E-state index contributed by atoms with van der Waals surface area (Å²) in [6, 6.07) is 19.5. The number of pyridine rings is 1. The summed E-state index contributed by atoms with van der Waals surface area (Å²) in [6.07, 6.45) is 1.71. The topological polar surface area (TPSA) is 69.0 Å². The first-order chi connectivity index (χ1) is 15.3. The van der Waals surface area contributed by atoms with Gasteiger partial charge in [-0.15, -0.1) is 0 Å². The SMILES string of the molecule is COc1ccc2cc([C@H](C)C(=O)Nc3cc(C(C)(C)C)nn3-c3ccccn3)ccc2c1. The molecule has 6 nitrogen and oxygen atoms in total. The van der Waals surface area contributed by atoms with Gasteiger partial charge in [-0.2, -0.15) is 9.78 Å². The molecule has 2 aromatic heterocycles. The van der Waals surface area contributed by atoms with Crippen LogP contribution >= 0.6 is 0 Å². The van der Waals surface area contributed by atoms with Gasteiger partial charge >= 0.3 is 0 Å². The van der Waals surface area contributed by atoms with Gasteiger partial charge in [0.1, 0.15) is 11.6 Å². The number of nitrogens with zero attached hydrogens (tertiary/aromatic N) is 3. The lowest BCUT2D eigenvalue weighted by Gasteiger charge is -2.14. The van der Waals surface area contributed by atoms with Gasteiger partial charge in [-0.05, 0) is 47.5 Å². The van der Waals surface area contributed by atoms with Crippen molar-refractivity contribution in [2.75, 3.05) is 12.4 Å². The zero-order chi connectivity index (χ0) is 22.9. The molecular formula is C26H28N4O2. The Kier molecular flexibility index (Phi) is 5.70. The van der Waals surface area contributed by atoms with Crippen LogP contribution in [0.4, 0.5) is 5.82 Å². The second kappa shape index (κ2) is 8.46. The number of rotatable bonds is 5. The minimum atomic E-state index is -0.341. The summed E-state index contributed by atoms with van der Waals surface area (Å²) in [6.45, 7) is 8.19. The third-order valence-corrected chi connectivity index (χ3v) is 5.56. The predicted molar refractivity (Wildman–Crippen MR) is 128 cm³/mol. The number of hydrogen-bond acceptors (Lipinski definition) is 4. The molecule has 0 radical (unpaired) electrons. The zero-order valence-corrected chi connectivity index (χ0v) is 19.1. The van der Waals surface area contributed by atoms with E-state index in [2.05, 4.69) is 37.1 Å². The van der Waals surface area contributed by atoms with Gasteiger partial charge in [-0.25, -0.2) is 4.98 Å². The van der Waals surface area contributed by atoms with Crippen molar-refractivity contribution in [1.29, 1.82) is 0 Å². The molecule has 1 atom stereocenters. The third kappa shape index (κ3) is 4.35. The Bertz CT molecular complexity index is 1260. The number of ether oxygens (including phenoxy) is 1. The second-order valence-electron chi connectivity index (χ2n) is 8.95. The molecule has 0 fully saturated rings. The van der Waals surface area contributed by atoms with E-state index in [4.69, 9.17) is 9.84 Å². The van der Waals surface area contributed by atoms with Crippen LogP contribution in [0.2, 0.25) is 0 Å². The van der Waals surface area contributed by atoms with Crippen LogP contribution < -0.4 is 10.1 Å². The summed E-state index contributed by atoms with van der Waals surface area (Å²) in [5.41, 5.74) is 1.66. The molecule has 0 aliphatic carbocycles. The van der Waals surface area contributed by atoms with Crippen LogP contribution in [0.25, 0.3) is 16.6 Å². The minimum Gasteiger partial charge on any atom is -0.497 e. The average Bonchev–Trinajstić information content (AvgIpc) is 3.22. The Morgan fingerprint density at radius 2 is 1.78 bits per heavy atom. The summed E-state index contributed by atoms with van der Waals surface area (Å²) < 4.78 is 6.99. The zero-order valence-electron chi connectivity index (χ0n) is 19.1. The Hall–Kier alpha value is -3.67. The van der Waals surface area contributed by atoms with E-state index in [1.54, 1.807) is 18.0 Å². The van der Waals surface area contributed by atoms with Gasteiger partial charge in [0.2, 0.25) is 5.91 Å². The van der Waals surface area contributed by atoms with Crippen molar-refractivity contribution in [3.8, 4) is 11.6 Å². The average molecular weight is 429 g/mol. The fourth-order valence-electron chi connectivity index (χ4n) is 3.51. The molecule has 2 aromatic carbocycles. The standard InChI is InChI=1S/C26H28N4O2/c1-17(18-9-10-20-15-21(32-5)12-11-19(20)14-18)25(31)28-24-16-22(26(2,3)4)29-30(24)23-8-6-7-13-27-23/h6-17H,1-5H3,(H,28,31)/t17-/m0/s1. The highest BCUT2D eigenvalue weighted by molar-refractivity contribution is 5.96. The van der Waals surface area contributed by atoms with Crippen LogP contribution in [-0.4, -0.2) is 27.8 Å². The maximum Gasteiger partial charge on any atom is 0.232 e. The molecule has 32 heavy (non-hydrogen) atoms. The monoisotopic (exact) mass is 428 g/mol. The molecule has 0 saturated carbocycles. The molecule has 0 spiro atoms. The van der Waals surface area contributed by atoms with Gasteiger partial charge in [-0.3, -0.25) is 4.79 Å². The van der Waals surface area contributed by atoms with Gasteiger partial charge in [-0.1, -0.05) is 51.1 Å². The number of carbonyl (C=O) groups excluding carboxylic acids is 1. The summed E-state index contributed by atoms with van der Waals surface area (Å²) in [7, 11) is 1.66. The molecule has 0 unspecified atom stereocenters. The molecule has 2 heterocycles. The van der Waals surface area contributed by atoms with E-state index in [0.717, 1.165) is 27.8 Å². The fourth-order valence-corrected chi connectivity index (χ4v) is 3.51. The maximum atomic E-state index is 13.2. The van der Waals surface area contributed by atoms with Crippen LogP contribution in [0.15, 0.2) is 66.9 Å². The van der Waals surface area contributed by atoms with Crippen LogP contribution in [0.1, 0.15) is 44.9 Å². The van der Waals surface area contributed by atoms with Crippen LogP contribution in [0.5, 0.6) is 5.75 Å². The third-order valence-electron chi connectivity index (χ3n) is 5.56. The number of benzene rings is 2. The van der Waals surface area contributed by atoms with Gasteiger partial charge < -0.3 is 10.1 Å². The van der Waals surface area contributed by atoms with Crippen molar-refractivity contribution in [3.05, 3.63) is 78.1 Å². The van der Waals surface area contributed by atoms with Gasteiger partial charge in [0, 0.05) is 17.7 Å². The minimum absolute atomic E-state index is 0.101. The Labute approximate surface area is 188 Å². The first kappa shape index (κ1) is 21.6. The van der Waals surface area contributed by atoms with Crippen molar-refractivity contribution < 1.29 is 9.53 Å². The smallest absolute Gasteiger partial charge is 0.232 e. The van der Waals surface area contributed by atoms with E-state index in [1.165, 1.54) is 0 Å². The van der Waals surface area contributed by atoms with Crippen LogP contribution in [0.3, 0.4) is 0 Å². The molecule has 0 bridgehead atoms. The lowest BCUT2D eigenvalue weighted by molar-refractivity contribution is -0.117. The van der Waals surface area contributed by atoms with Gasteiger partial charge in [0.15, 0.2) is 5.82 Å². The van der Waals surface area contributed by atoms with Crippen molar-refractivity contribution in [2.45, 2.75) is 39.0 Å². The van der Waals surface area contributed by atoms with E-state index < -0.39 is 0 Å². The van der Waals surface area contributed by atoms with E-state index in [1.807, 2.05) is 61.5 Å². The predicted octanol–water partition coefficient (Wildman–Crippen LogP) is 5.47. The molecule has 164 valence electrons. The fraction of sp³-hybridized carbons (Fsp3) is 0.269. The van der Waals surface area contributed by atoms with Gasteiger partial charge in [0.25, 0.3) is 0 Å². The Balaban J connectivity index is 1.63. The van der Waals surface area contributed by atoms with E-state index in [0.29, 0.717) is 11.6 Å². The summed E-state index contributed by atoms with van der Waals surface area (Å²) in [5, 5.41) is 9.93. The van der Waals surface area contributed by atoms with Crippen LogP contribution in [-0.2, 0) is 10.2 Å². The molecule has 0 aliphatic heterocycles. The molecule has 6 heteroatoms. The molecule has 1 amide bonds. The first-order valence-corrected chi connectivity index (χ1v) is 10.7. The quantitative estimate of drug-likeness (QED) is 0.458. The number of methoxy groups -OCH3 is 1. The maximum absolute atomic E-state index is 13.2. The van der Waals surface area contributed by atoms with Crippen molar-refractivity contribution >= 4 is 22.5 Å². The highest BCUT2D eigenvalue weighted by Crippen LogP contribution is 2.28. The number of nitrogens with one attached hydrogen (secondary N) is 1. The Morgan fingerprint density at radius 3 is 2.47 bits per heavy atom.